The second-order valence-electron chi connectivity index (χ2n) is 12.9. The van der Waals surface area contributed by atoms with E-state index in [0.29, 0.717) is 17.0 Å². The van der Waals surface area contributed by atoms with Gasteiger partial charge in [-0.1, -0.05) is 101 Å². The second-order valence-corrected chi connectivity index (χ2v) is 12.9. The quantitative estimate of drug-likeness (QED) is 0.127. The lowest BCUT2D eigenvalue weighted by molar-refractivity contribution is -0.145. The third-order valence-corrected chi connectivity index (χ3v) is 8.59. The van der Waals surface area contributed by atoms with Gasteiger partial charge >= 0.3 is 5.97 Å². The Labute approximate surface area is 266 Å². The monoisotopic (exact) mass is 611 g/mol. The molecule has 1 fully saturated rings. The van der Waals surface area contributed by atoms with Crippen LogP contribution in [-0.2, 0) is 14.9 Å². The summed E-state index contributed by atoms with van der Waals surface area (Å²) in [6.45, 7) is 8.20. The molecule has 0 heterocycles. The van der Waals surface area contributed by atoms with Crippen LogP contribution in [0, 0.1) is 0 Å². The molecule has 0 aromatic heterocycles. The van der Waals surface area contributed by atoms with Gasteiger partial charge in [-0.25, -0.2) is 0 Å². The highest BCUT2D eigenvalue weighted by Gasteiger charge is 2.27. The zero-order valence-corrected chi connectivity index (χ0v) is 26.8. The van der Waals surface area contributed by atoms with Gasteiger partial charge in [0, 0.05) is 23.1 Å². The number of benzene rings is 3. The molecule has 0 aliphatic heterocycles. The topological polar surface area (TPSA) is 110 Å². The summed E-state index contributed by atoms with van der Waals surface area (Å²) in [5, 5.41) is 12.4. The summed E-state index contributed by atoms with van der Waals surface area (Å²) in [4.78, 5) is 51.7. The number of ether oxygens (including phenoxy) is 1. The predicted octanol–water partition coefficient (Wildman–Crippen LogP) is 7.27. The second kappa shape index (κ2) is 15.3. The van der Waals surface area contributed by atoms with E-state index in [2.05, 4.69) is 38.2 Å². The third-order valence-electron chi connectivity index (χ3n) is 8.59. The van der Waals surface area contributed by atoms with Gasteiger partial charge < -0.3 is 15.2 Å². The van der Waals surface area contributed by atoms with Crippen LogP contribution in [0.15, 0.2) is 72.8 Å². The largest absolute Gasteiger partial charge is 0.466 e. The summed E-state index contributed by atoms with van der Waals surface area (Å²) in [6.07, 6.45) is 4.32. The van der Waals surface area contributed by atoms with Crippen molar-refractivity contribution in [2.45, 2.75) is 96.1 Å². The van der Waals surface area contributed by atoms with Crippen LogP contribution in [-0.4, -0.2) is 41.4 Å². The number of hydrogen-bond acceptors (Lipinski definition) is 6. The average Bonchev–Trinajstić information content (AvgIpc) is 3.03. The van der Waals surface area contributed by atoms with Gasteiger partial charge in [0.05, 0.1) is 18.9 Å². The Morgan fingerprint density at radius 2 is 1.38 bits per heavy atom. The number of carbonyl (C=O) groups is 4. The number of esters is 1. The van der Waals surface area contributed by atoms with Crippen LogP contribution < -0.4 is 5.32 Å². The van der Waals surface area contributed by atoms with Crippen LogP contribution in [0.5, 0.6) is 0 Å². The van der Waals surface area contributed by atoms with Crippen molar-refractivity contribution in [2.75, 3.05) is 6.61 Å². The number of carbonyl (C=O) groups excluding carboxylic acids is 4. The minimum Gasteiger partial charge on any atom is -0.466 e. The summed E-state index contributed by atoms with van der Waals surface area (Å²) in [5.41, 5.74) is 4.30. The molecule has 0 saturated heterocycles. The lowest BCUT2D eigenvalue weighted by Crippen LogP contribution is -2.36. The first kappa shape index (κ1) is 33.8. The third kappa shape index (κ3) is 9.21. The van der Waals surface area contributed by atoms with Gasteiger partial charge in [0.1, 0.15) is 6.23 Å². The van der Waals surface area contributed by atoms with Crippen molar-refractivity contribution in [3.8, 4) is 0 Å². The highest BCUT2D eigenvalue weighted by molar-refractivity contribution is 6.06. The molecule has 238 valence electrons. The molecule has 45 heavy (non-hydrogen) atoms. The molecule has 1 saturated carbocycles. The van der Waals surface area contributed by atoms with Crippen LogP contribution in [0.1, 0.15) is 132 Å². The van der Waals surface area contributed by atoms with Crippen molar-refractivity contribution >= 4 is 23.4 Å². The Balaban J connectivity index is 1.54. The van der Waals surface area contributed by atoms with E-state index in [1.54, 1.807) is 19.1 Å². The Bertz CT molecular complexity index is 1460. The van der Waals surface area contributed by atoms with E-state index in [1.165, 1.54) is 49.8 Å². The normalized spacial score (nSPS) is 15.1. The first-order valence-electron chi connectivity index (χ1n) is 16.0. The molecule has 3 aromatic rings. The molecule has 0 radical (unpaired) electrons. The Morgan fingerprint density at radius 3 is 1.96 bits per heavy atom. The minimum atomic E-state index is -1.40. The fourth-order valence-corrected chi connectivity index (χ4v) is 5.91. The minimum absolute atomic E-state index is 0.0127. The standard InChI is InChI=1S/C38H45NO6/c1-5-45-35(42)24-34(41)39-37(44)30-17-15-29(16-18-30)36(43)32(23-33(40)28-19-21-31(22-20-28)38(2,3)4)27-13-11-26(12-14-27)25-9-7-6-8-10-25/h11-22,25,32,34,41H,5-10,23-24H2,1-4H3,(H,39,44). The molecule has 0 spiro atoms. The SMILES string of the molecule is CCOC(=O)CC(O)NC(=O)c1ccc(C(=O)C(CC(=O)c2ccc(C(C)(C)C)cc2)c2ccc(C3CCCCC3)cc2)cc1. The fourth-order valence-electron chi connectivity index (χ4n) is 5.91. The maximum absolute atomic E-state index is 14.0. The molecule has 7 heteroatoms. The number of rotatable bonds is 12. The number of aliphatic hydroxyl groups is 1. The maximum Gasteiger partial charge on any atom is 0.310 e. The van der Waals surface area contributed by atoms with Gasteiger partial charge in [-0.2, -0.15) is 0 Å². The lowest BCUT2D eigenvalue weighted by atomic mass is 9.81. The van der Waals surface area contributed by atoms with E-state index in [1.807, 2.05) is 36.4 Å². The van der Waals surface area contributed by atoms with Crippen LogP contribution in [0.2, 0.25) is 0 Å². The van der Waals surface area contributed by atoms with E-state index >= 15 is 0 Å². The predicted molar refractivity (Wildman–Crippen MR) is 175 cm³/mol. The van der Waals surface area contributed by atoms with Gasteiger partial charge in [0.25, 0.3) is 5.91 Å². The maximum atomic E-state index is 14.0. The first-order chi connectivity index (χ1) is 21.5. The average molecular weight is 612 g/mol. The molecule has 2 atom stereocenters. The molecule has 3 aromatic carbocycles. The Hall–Kier alpha value is -4.10. The molecule has 0 bridgehead atoms. The van der Waals surface area contributed by atoms with Crippen LogP contribution >= 0.6 is 0 Å². The molecule has 2 unspecified atom stereocenters. The van der Waals surface area contributed by atoms with Crippen molar-refractivity contribution in [1.82, 2.24) is 5.32 Å². The molecular weight excluding hydrogens is 566 g/mol. The summed E-state index contributed by atoms with van der Waals surface area (Å²) in [6, 6.07) is 21.9. The highest BCUT2D eigenvalue weighted by Crippen LogP contribution is 2.34. The van der Waals surface area contributed by atoms with E-state index in [9.17, 15) is 24.3 Å². The molecule has 4 rings (SSSR count). The molecule has 2 N–H and O–H groups in total. The summed E-state index contributed by atoms with van der Waals surface area (Å²) < 4.78 is 4.80. The van der Waals surface area contributed by atoms with Crippen molar-refractivity contribution in [3.05, 3.63) is 106 Å². The van der Waals surface area contributed by atoms with Crippen LogP contribution in [0.4, 0.5) is 0 Å². The molecule has 7 nitrogen and oxygen atoms in total. The van der Waals surface area contributed by atoms with Gasteiger partial charge in [0.15, 0.2) is 11.6 Å². The highest BCUT2D eigenvalue weighted by atomic mass is 16.5. The number of aliphatic hydroxyl groups excluding tert-OH is 1. The van der Waals surface area contributed by atoms with Gasteiger partial charge in [-0.15, -0.1) is 0 Å². The summed E-state index contributed by atoms with van der Waals surface area (Å²) >= 11 is 0. The van der Waals surface area contributed by atoms with Crippen LogP contribution in [0.3, 0.4) is 0 Å². The van der Waals surface area contributed by atoms with E-state index in [0.717, 1.165) is 11.1 Å². The Kier molecular flexibility index (Phi) is 11.5. The van der Waals surface area contributed by atoms with Crippen molar-refractivity contribution in [1.29, 1.82) is 0 Å². The molecule has 1 aliphatic carbocycles. The number of amides is 1. The number of hydrogen-bond donors (Lipinski definition) is 2. The summed E-state index contributed by atoms with van der Waals surface area (Å²) in [5.74, 6) is -1.71. The van der Waals surface area contributed by atoms with E-state index in [-0.39, 0.29) is 42.0 Å². The smallest absolute Gasteiger partial charge is 0.310 e. The van der Waals surface area contributed by atoms with Gasteiger partial charge in [-0.3, -0.25) is 19.2 Å². The zero-order valence-electron chi connectivity index (χ0n) is 26.8. The summed E-state index contributed by atoms with van der Waals surface area (Å²) in [7, 11) is 0. The van der Waals surface area contributed by atoms with Crippen molar-refractivity contribution in [3.63, 3.8) is 0 Å². The van der Waals surface area contributed by atoms with Crippen LogP contribution in [0.25, 0.3) is 0 Å². The number of ketones is 2. The molecule has 1 aliphatic rings. The first-order valence-corrected chi connectivity index (χ1v) is 16.0. The van der Waals surface area contributed by atoms with Crippen molar-refractivity contribution in [2.24, 2.45) is 0 Å². The van der Waals surface area contributed by atoms with Gasteiger partial charge in [-0.05, 0) is 59.9 Å². The zero-order chi connectivity index (χ0) is 32.6. The Morgan fingerprint density at radius 1 is 0.800 bits per heavy atom. The fraction of sp³-hybridized carbons (Fsp3) is 0.421. The van der Waals surface area contributed by atoms with E-state index < -0.39 is 24.0 Å². The van der Waals surface area contributed by atoms with Gasteiger partial charge in [0.2, 0.25) is 0 Å². The van der Waals surface area contributed by atoms with Crippen molar-refractivity contribution < 1.29 is 29.0 Å². The number of Topliss-reactive ketones (excluding diaryl/α,β-unsaturated/α-hetero) is 2. The number of nitrogens with one attached hydrogen (secondary N) is 1. The lowest BCUT2D eigenvalue weighted by Gasteiger charge is -2.23. The molecule has 1 amide bonds. The van der Waals surface area contributed by atoms with E-state index in [4.69, 9.17) is 4.74 Å². The molecular formula is C38H45NO6.